The van der Waals surface area contributed by atoms with Gasteiger partial charge in [-0.05, 0) is 37.6 Å². The second-order valence-corrected chi connectivity index (χ2v) is 9.67. The molecule has 1 atom stereocenters. The van der Waals surface area contributed by atoms with E-state index in [-0.39, 0.29) is 23.6 Å². The standard InChI is InChI=1S/C23H21ClN4O3S/c1-3-23(2)9-17-13(11-31-23)7-16-19-20(32-21(16)27-17)22(30)28(12-25-19)10-18(29)26-15-6-4-5-14(24)8-15/h4-8,12H,3,9-11H2,1-2H3,(H,26,29)/t23-/m0/s1. The van der Waals surface area contributed by atoms with Crippen LogP contribution in [0.1, 0.15) is 31.5 Å². The van der Waals surface area contributed by atoms with Crippen LogP contribution in [0.2, 0.25) is 5.02 Å². The molecule has 1 aliphatic rings. The van der Waals surface area contributed by atoms with Gasteiger partial charge < -0.3 is 10.1 Å². The van der Waals surface area contributed by atoms with Crippen molar-refractivity contribution in [1.29, 1.82) is 0 Å². The molecule has 9 heteroatoms. The van der Waals surface area contributed by atoms with Gasteiger partial charge in [0, 0.05) is 28.1 Å². The van der Waals surface area contributed by atoms with Crippen LogP contribution in [0.3, 0.4) is 0 Å². The van der Waals surface area contributed by atoms with Crippen LogP contribution in [0.5, 0.6) is 0 Å². The molecule has 5 rings (SSSR count). The summed E-state index contributed by atoms with van der Waals surface area (Å²) in [6.45, 7) is 4.56. The predicted octanol–water partition coefficient (Wildman–Crippen LogP) is 4.54. The third kappa shape index (κ3) is 3.79. The van der Waals surface area contributed by atoms with Gasteiger partial charge in [-0.25, -0.2) is 9.97 Å². The van der Waals surface area contributed by atoms with Gasteiger partial charge in [0.05, 0.1) is 29.7 Å². The van der Waals surface area contributed by atoms with E-state index in [0.29, 0.717) is 27.5 Å². The van der Waals surface area contributed by atoms with Crippen LogP contribution in [-0.4, -0.2) is 26.0 Å². The molecule has 4 aromatic rings. The summed E-state index contributed by atoms with van der Waals surface area (Å²) in [5.41, 5.74) is 2.76. The summed E-state index contributed by atoms with van der Waals surface area (Å²) in [6.07, 6.45) is 3.06. The first-order valence-electron chi connectivity index (χ1n) is 10.3. The van der Waals surface area contributed by atoms with Gasteiger partial charge in [0.2, 0.25) is 5.91 Å². The van der Waals surface area contributed by atoms with Crippen LogP contribution in [0.4, 0.5) is 5.69 Å². The molecule has 0 bridgehead atoms. The highest BCUT2D eigenvalue weighted by molar-refractivity contribution is 7.25. The lowest BCUT2D eigenvalue weighted by Crippen LogP contribution is -2.35. The van der Waals surface area contributed by atoms with Gasteiger partial charge in [-0.2, -0.15) is 0 Å². The minimum atomic E-state index is -0.332. The molecule has 0 saturated carbocycles. The highest BCUT2D eigenvalue weighted by atomic mass is 35.5. The molecule has 4 heterocycles. The van der Waals surface area contributed by atoms with E-state index in [2.05, 4.69) is 24.1 Å². The minimum Gasteiger partial charge on any atom is -0.370 e. The monoisotopic (exact) mass is 468 g/mol. The smallest absolute Gasteiger partial charge is 0.271 e. The molecule has 7 nitrogen and oxygen atoms in total. The van der Waals surface area contributed by atoms with Crippen LogP contribution in [0, 0.1) is 0 Å². The summed E-state index contributed by atoms with van der Waals surface area (Å²) in [5, 5.41) is 4.12. The Balaban J connectivity index is 1.48. The fourth-order valence-electron chi connectivity index (χ4n) is 3.87. The quantitative estimate of drug-likeness (QED) is 0.475. The third-order valence-electron chi connectivity index (χ3n) is 5.89. The Kier molecular flexibility index (Phi) is 5.23. The number of fused-ring (bicyclic) bond motifs is 4. The lowest BCUT2D eigenvalue weighted by molar-refractivity contribution is -0.116. The molecule has 0 unspecified atom stereocenters. The topological polar surface area (TPSA) is 86.1 Å². The Bertz CT molecular complexity index is 1430. The molecule has 32 heavy (non-hydrogen) atoms. The normalized spacial score (nSPS) is 18.1. The van der Waals surface area contributed by atoms with Crippen molar-refractivity contribution in [2.24, 2.45) is 0 Å². The van der Waals surface area contributed by atoms with Crippen molar-refractivity contribution in [2.45, 2.75) is 45.4 Å². The molecule has 1 N–H and O–H groups in total. The maximum absolute atomic E-state index is 13.1. The Hall–Kier alpha value is -2.81. The summed E-state index contributed by atoms with van der Waals surface area (Å²) in [4.78, 5) is 35.7. The van der Waals surface area contributed by atoms with Gasteiger partial charge in [-0.15, -0.1) is 11.3 Å². The number of benzene rings is 1. The van der Waals surface area contributed by atoms with Crippen molar-refractivity contribution < 1.29 is 9.53 Å². The SMILES string of the molecule is CC[C@@]1(C)Cc2nc3sc4c(=O)n(CC(=O)Nc5cccc(Cl)c5)cnc4c3cc2CO1. The molecular weight excluding hydrogens is 448 g/mol. The maximum atomic E-state index is 13.1. The number of ether oxygens (including phenoxy) is 1. The Labute approximate surface area is 193 Å². The van der Waals surface area contributed by atoms with Crippen molar-refractivity contribution in [2.75, 3.05) is 5.32 Å². The van der Waals surface area contributed by atoms with E-state index >= 15 is 0 Å². The zero-order valence-corrected chi connectivity index (χ0v) is 19.2. The van der Waals surface area contributed by atoms with Gasteiger partial charge in [0.15, 0.2) is 0 Å². The molecule has 0 radical (unpaired) electrons. The average Bonchev–Trinajstić information content (AvgIpc) is 3.12. The molecule has 1 amide bonds. The van der Waals surface area contributed by atoms with E-state index in [1.54, 1.807) is 24.3 Å². The number of halogens is 1. The van der Waals surface area contributed by atoms with E-state index in [9.17, 15) is 9.59 Å². The second kappa shape index (κ2) is 7.95. The van der Waals surface area contributed by atoms with Crippen molar-refractivity contribution >= 4 is 55.0 Å². The summed E-state index contributed by atoms with van der Waals surface area (Å²) >= 11 is 7.28. The number of carbonyl (C=O) groups excluding carboxylic acids is 1. The van der Waals surface area contributed by atoms with Gasteiger partial charge in [-0.3, -0.25) is 14.2 Å². The van der Waals surface area contributed by atoms with Gasteiger partial charge >= 0.3 is 0 Å². The van der Waals surface area contributed by atoms with E-state index in [1.165, 1.54) is 22.2 Å². The van der Waals surface area contributed by atoms with Crippen LogP contribution < -0.4 is 10.9 Å². The number of aromatic nitrogens is 3. The van der Waals surface area contributed by atoms with E-state index in [4.69, 9.17) is 21.3 Å². The highest BCUT2D eigenvalue weighted by Gasteiger charge is 2.31. The number of amides is 1. The number of nitrogens with zero attached hydrogens (tertiary/aromatic N) is 3. The van der Waals surface area contributed by atoms with Gasteiger partial charge in [-0.1, -0.05) is 24.6 Å². The Morgan fingerprint density at radius 1 is 1.38 bits per heavy atom. The number of hydrogen-bond acceptors (Lipinski definition) is 6. The fourth-order valence-corrected chi connectivity index (χ4v) is 5.14. The first-order valence-corrected chi connectivity index (χ1v) is 11.5. The first kappa shape index (κ1) is 21.1. The second-order valence-electron chi connectivity index (χ2n) is 8.23. The molecule has 1 aromatic carbocycles. The highest BCUT2D eigenvalue weighted by Crippen LogP contribution is 2.35. The van der Waals surface area contributed by atoms with E-state index in [0.717, 1.165) is 34.3 Å². The van der Waals surface area contributed by atoms with Crippen LogP contribution in [0.15, 0.2) is 41.5 Å². The Morgan fingerprint density at radius 2 is 2.22 bits per heavy atom. The molecule has 1 aliphatic heterocycles. The predicted molar refractivity (Wildman–Crippen MR) is 126 cm³/mol. The Morgan fingerprint density at radius 3 is 3.00 bits per heavy atom. The lowest BCUT2D eigenvalue weighted by Gasteiger charge is -2.33. The molecule has 0 saturated heterocycles. The largest absolute Gasteiger partial charge is 0.370 e. The lowest BCUT2D eigenvalue weighted by atomic mass is 9.91. The molecule has 164 valence electrons. The summed E-state index contributed by atoms with van der Waals surface area (Å²) in [6, 6.07) is 8.89. The van der Waals surface area contributed by atoms with E-state index in [1.807, 2.05) is 6.07 Å². The number of thiophene rings is 1. The number of anilines is 1. The van der Waals surface area contributed by atoms with Crippen LogP contribution in [0.25, 0.3) is 20.4 Å². The zero-order valence-electron chi connectivity index (χ0n) is 17.6. The number of nitrogens with one attached hydrogen (secondary N) is 1. The molecule has 0 aliphatic carbocycles. The number of hydrogen-bond donors (Lipinski definition) is 1. The van der Waals surface area contributed by atoms with Gasteiger partial charge in [0.1, 0.15) is 16.1 Å². The molecular formula is C23H21ClN4O3S. The first-order chi connectivity index (χ1) is 15.3. The number of rotatable bonds is 4. The van der Waals surface area contributed by atoms with Crippen molar-refractivity contribution in [3.8, 4) is 0 Å². The number of carbonyl (C=O) groups is 1. The van der Waals surface area contributed by atoms with Crippen molar-refractivity contribution in [3.05, 3.63) is 63.3 Å². The molecule has 0 fully saturated rings. The van der Waals surface area contributed by atoms with Gasteiger partial charge in [0.25, 0.3) is 5.56 Å². The fraction of sp³-hybridized carbons (Fsp3) is 0.304. The number of pyridine rings is 1. The van der Waals surface area contributed by atoms with Crippen molar-refractivity contribution in [3.63, 3.8) is 0 Å². The summed E-state index contributed by atoms with van der Waals surface area (Å²) in [7, 11) is 0. The van der Waals surface area contributed by atoms with Crippen LogP contribution in [-0.2, 0) is 29.1 Å². The summed E-state index contributed by atoms with van der Waals surface area (Å²) < 4.78 is 7.85. The minimum absolute atomic E-state index is 0.144. The summed E-state index contributed by atoms with van der Waals surface area (Å²) in [5.74, 6) is -0.332. The maximum Gasteiger partial charge on any atom is 0.271 e. The zero-order chi connectivity index (χ0) is 22.5. The van der Waals surface area contributed by atoms with Crippen molar-refractivity contribution in [1.82, 2.24) is 14.5 Å². The average molecular weight is 469 g/mol. The molecule has 3 aromatic heterocycles. The van der Waals surface area contributed by atoms with Crippen LogP contribution >= 0.6 is 22.9 Å². The van der Waals surface area contributed by atoms with E-state index < -0.39 is 0 Å². The third-order valence-corrected chi connectivity index (χ3v) is 7.21. The molecule has 0 spiro atoms.